The lowest BCUT2D eigenvalue weighted by molar-refractivity contribution is 0.0628. The molecule has 0 spiro atoms. The first kappa shape index (κ1) is 19.4. The monoisotopic (exact) mass is 357 g/mol. The Balaban J connectivity index is 0.00000132. The van der Waals surface area contributed by atoms with Crippen LogP contribution in [0, 0.1) is 5.82 Å². The number of aromatic nitrogens is 1. The Hall–Kier alpha value is -1.69. The van der Waals surface area contributed by atoms with Gasteiger partial charge in [-0.1, -0.05) is 18.2 Å². The molecule has 124 valence electrons. The van der Waals surface area contributed by atoms with Crippen LogP contribution in [0.4, 0.5) is 4.39 Å². The molecule has 1 fully saturated rings. The molecule has 0 saturated carbocycles. The fourth-order valence-corrected chi connectivity index (χ4v) is 2.60. The summed E-state index contributed by atoms with van der Waals surface area (Å²) in [4.78, 5) is 18.5. The molecule has 1 aliphatic heterocycles. The summed E-state index contributed by atoms with van der Waals surface area (Å²) in [7, 11) is 0. The van der Waals surface area contributed by atoms with Crippen LogP contribution in [0.5, 0.6) is 0 Å². The zero-order valence-corrected chi connectivity index (χ0v) is 13.9. The van der Waals surface area contributed by atoms with Crippen LogP contribution in [0.3, 0.4) is 0 Å². The van der Waals surface area contributed by atoms with E-state index in [0.29, 0.717) is 18.8 Å². The second kappa shape index (κ2) is 8.82. The minimum absolute atomic E-state index is 0. The number of piperazine rings is 1. The van der Waals surface area contributed by atoms with Crippen LogP contribution >= 0.6 is 24.8 Å². The van der Waals surface area contributed by atoms with E-state index in [1.165, 1.54) is 12.1 Å². The highest BCUT2D eigenvalue weighted by Crippen LogP contribution is 2.24. The molecule has 3 rings (SSSR count). The number of hydrogen-bond donors (Lipinski definition) is 1. The van der Waals surface area contributed by atoms with Crippen molar-refractivity contribution in [2.75, 3.05) is 19.6 Å². The van der Waals surface area contributed by atoms with Gasteiger partial charge in [-0.2, -0.15) is 0 Å². The standard InChI is InChI=1S/C16H16FN3O.2ClH/c17-13-5-3-4-12(10-13)15-11-18-8-9-20(15)16(21)14-6-1-2-7-19-14;;/h1-7,10,15,18H,8-9,11H2;2*1H. The summed E-state index contributed by atoms with van der Waals surface area (Å²) in [5, 5.41) is 3.25. The predicted molar refractivity (Wildman–Crippen MR) is 91.8 cm³/mol. The molecule has 7 heteroatoms. The number of rotatable bonds is 2. The third kappa shape index (κ3) is 4.41. The third-order valence-corrected chi connectivity index (χ3v) is 3.62. The Bertz CT molecular complexity index is 642. The summed E-state index contributed by atoms with van der Waals surface area (Å²) in [6.45, 7) is 1.92. The molecule has 0 bridgehead atoms. The molecule has 0 aliphatic carbocycles. The molecule has 1 aliphatic rings. The highest BCUT2D eigenvalue weighted by molar-refractivity contribution is 5.92. The van der Waals surface area contributed by atoms with Crippen molar-refractivity contribution in [3.63, 3.8) is 0 Å². The Morgan fingerprint density at radius 1 is 1.22 bits per heavy atom. The molecular weight excluding hydrogens is 340 g/mol. The minimum Gasteiger partial charge on any atom is -0.328 e. The molecular formula is C16H18Cl2FN3O. The Kier molecular flexibility index (Phi) is 7.42. The molecule has 1 N–H and O–H groups in total. The summed E-state index contributed by atoms with van der Waals surface area (Å²) in [5.74, 6) is -0.408. The quantitative estimate of drug-likeness (QED) is 0.898. The topological polar surface area (TPSA) is 45.2 Å². The SMILES string of the molecule is Cl.Cl.O=C(c1ccccn1)N1CCNCC1c1cccc(F)c1. The highest BCUT2D eigenvalue weighted by Gasteiger charge is 2.29. The lowest BCUT2D eigenvalue weighted by Gasteiger charge is -2.36. The maximum atomic E-state index is 13.4. The van der Waals surface area contributed by atoms with Crippen LogP contribution in [0.25, 0.3) is 0 Å². The van der Waals surface area contributed by atoms with E-state index >= 15 is 0 Å². The molecule has 2 heterocycles. The van der Waals surface area contributed by atoms with Gasteiger partial charge in [0.2, 0.25) is 0 Å². The molecule has 2 aromatic rings. The Morgan fingerprint density at radius 3 is 2.74 bits per heavy atom. The minimum atomic E-state index is -0.289. The summed E-state index contributed by atoms with van der Waals surface area (Å²) in [6, 6.07) is 11.5. The van der Waals surface area contributed by atoms with Gasteiger partial charge in [-0.3, -0.25) is 9.78 Å². The lowest BCUT2D eigenvalue weighted by atomic mass is 10.0. The Labute approximate surface area is 146 Å². The molecule has 1 saturated heterocycles. The second-order valence-electron chi connectivity index (χ2n) is 4.99. The van der Waals surface area contributed by atoms with E-state index in [0.717, 1.165) is 12.1 Å². The molecule has 23 heavy (non-hydrogen) atoms. The maximum Gasteiger partial charge on any atom is 0.273 e. The van der Waals surface area contributed by atoms with Crippen molar-refractivity contribution in [2.45, 2.75) is 6.04 Å². The first-order valence-corrected chi connectivity index (χ1v) is 6.94. The summed E-state index contributed by atoms with van der Waals surface area (Å²) in [5.41, 5.74) is 1.22. The van der Waals surface area contributed by atoms with E-state index in [9.17, 15) is 9.18 Å². The van der Waals surface area contributed by atoms with Crippen LogP contribution in [0.1, 0.15) is 22.1 Å². The zero-order chi connectivity index (χ0) is 14.7. The van der Waals surface area contributed by atoms with Crippen LogP contribution in [0.2, 0.25) is 0 Å². The molecule has 0 radical (unpaired) electrons. The van der Waals surface area contributed by atoms with Gasteiger partial charge in [-0.25, -0.2) is 4.39 Å². The number of hydrogen-bond acceptors (Lipinski definition) is 3. The molecule has 1 atom stereocenters. The van der Waals surface area contributed by atoms with Crippen LogP contribution in [-0.4, -0.2) is 35.4 Å². The average molecular weight is 358 g/mol. The smallest absolute Gasteiger partial charge is 0.273 e. The molecule has 1 aromatic carbocycles. The van der Waals surface area contributed by atoms with Crippen molar-refractivity contribution < 1.29 is 9.18 Å². The number of pyridine rings is 1. The number of nitrogens with one attached hydrogen (secondary N) is 1. The van der Waals surface area contributed by atoms with Crippen molar-refractivity contribution in [1.29, 1.82) is 0 Å². The van der Waals surface area contributed by atoms with Crippen molar-refractivity contribution in [3.05, 3.63) is 65.7 Å². The van der Waals surface area contributed by atoms with Gasteiger partial charge in [-0.15, -0.1) is 24.8 Å². The first-order chi connectivity index (χ1) is 10.3. The largest absolute Gasteiger partial charge is 0.328 e. The summed E-state index contributed by atoms with van der Waals surface area (Å²) in [6.07, 6.45) is 1.60. The normalized spacial score (nSPS) is 16.9. The van der Waals surface area contributed by atoms with E-state index in [1.54, 1.807) is 35.4 Å². The lowest BCUT2D eigenvalue weighted by Crippen LogP contribution is -2.48. The zero-order valence-electron chi connectivity index (χ0n) is 12.3. The van der Waals surface area contributed by atoms with Crippen LogP contribution in [-0.2, 0) is 0 Å². The van der Waals surface area contributed by atoms with Crippen molar-refractivity contribution >= 4 is 30.7 Å². The highest BCUT2D eigenvalue weighted by atomic mass is 35.5. The van der Waals surface area contributed by atoms with Gasteiger partial charge < -0.3 is 10.2 Å². The fraction of sp³-hybridized carbons (Fsp3) is 0.250. The number of halogens is 3. The number of amides is 1. The van der Waals surface area contributed by atoms with E-state index < -0.39 is 0 Å². The number of carbonyl (C=O) groups is 1. The maximum absolute atomic E-state index is 13.4. The van der Waals surface area contributed by atoms with Gasteiger partial charge in [0.15, 0.2) is 0 Å². The van der Waals surface area contributed by atoms with Gasteiger partial charge in [0, 0.05) is 25.8 Å². The number of benzene rings is 1. The van der Waals surface area contributed by atoms with Gasteiger partial charge in [0.05, 0.1) is 6.04 Å². The van der Waals surface area contributed by atoms with Gasteiger partial charge in [0.1, 0.15) is 11.5 Å². The first-order valence-electron chi connectivity index (χ1n) is 6.94. The van der Waals surface area contributed by atoms with Gasteiger partial charge in [0.25, 0.3) is 5.91 Å². The van der Waals surface area contributed by atoms with E-state index in [1.807, 2.05) is 6.07 Å². The summed E-state index contributed by atoms with van der Waals surface area (Å²) >= 11 is 0. The molecule has 1 unspecified atom stereocenters. The fourth-order valence-electron chi connectivity index (χ4n) is 2.60. The predicted octanol–water partition coefficient (Wildman–Crippen LogP) is 2.85. The second-order valence-corrected chi connectivity index (χ2v) is 4.99. The van der Waals surface area contributed by atoms with Gasteiger partial charge in [-0.05, 0) is 29.8 Å². The molecule has 1 aromatic heterocycles. The van der Waals surface area contributed by atoms with E-state index in [-0.39, 0.29) is 42.6 Å². The molecule has 1 amide bonds. The number of carbonyl (C=O) groups excluding carboxylic acids is 1. The van der Waals surface area contributed by atoms with Gasteiger partial charge >= 0.3 is 0 Å². The van der Waals surface area contributed by atoms with Crippen molar-refractivity contribution in [3.8, 4) is 0 Å². The van der Waals surface area contributed by atoms with Crippen molar-refractivity contribution in [2.24, 2.45) is 0 Å². The average Bonchev–Trinajstić information content (AvgIpc) is 2.55. The third-order valence-electron chi connectivity index (χ3n) is 3.62. The molecule has 4 nitrogen and oxygen atoms in total. The van der Waals surface area contributed by atoms with E-state index in [2.05, 4.69) is 10.3 Å². The van der Waals surface area contributed by atoms with Crippen LogP contribution < -0.4 is 5.32 Å². The number of nitrogens with zero attached hydrogens (tertiary/aromatic N) is 2. The van der Waals surface area contributed by atoms with E-state index in [4.69, 9.17) is 0 Å². The summed E-state index contributed by atoms with van der Waals surface area (Å²) < 4.78 is 13.4. The Morgan fingerprint density at radius 2 is 2.04 bits per heavy atom. The van der Waals surface area contributed by atoms with Crippen molar-refractivity contribution in [1.82, 2.24) is 15.2 Å². The van der Waals surface area contributed by atoms with Crippen LogP contribution in [0.15, 0.2) is 48.7 Å².